The lowest BCUT2D eigenvalue weighted by atomic mass is 10.0. The Morgan fingerprint density at radius 2 is 1.90 bits per heavy atom. The van der Waals surface area contributed by atoms with Crippen molar-refractivity contribution < 1.29 is 4.74 Å². The number of hydrogen-bond donors (Lipinski definition) is 1. The Morgan fingerprint density at radius 1 is 1.14 bits per heavy atom. The molecule has 2 aromatic carbocycles. The molecule has 0 spiro atoms. The average Bonchev–Trinajstić information content (AvgIpc) is 2.53. The van der Waals surface area contributed by atoms with E-state index in [0.717, 1.165) is 11.3 Å². The van der Waals surface area contributed by atoms with Crippen molar-refractivity contribution in [3.63, 3.8) is 0 Å². The van der Waals surface area contributed by atoms with Crippen LogP contribution in [0.1, 0.15) is 29.7 Å². The predicted molar refractivity (Wildman–Crippen MR) is 87.5 cm³/mol. The van der Waals surface area contributed by atoms with E-state index in [2.05, 4.69) is 43.1 Å². The number of hydrogen-bond acceptors (Lipinski definition) is 2. The zero-order valence-electron chi connectivity index (χ0n) is 12.8. The molecular formula is C19H21NO. The normalized spacial score (nSPS) is 11.4. The Balaban J connectivity index is 2.05. The zero-order valence-corrected chi connectivity index (χ0v) is 12.8. The first-order chi connectivity index (χ1) is 10.2. The maximum atomic E-state index is 5.82. The summed E-state index contributed by atoms with van der Waals surface area (Å²) in [4.78, 5) is 0. The third-order valence-corrected chi connectivity index (χ3v) is 3.37. The summed E-state index contributed by atoms with van der Waals surface area (Å²) in [5.41, 5.74) is 3.41. The van der Waals surface area contributed by atoms with E-state index in [1.807, 2.05) is 43.4 Å². The molecule has 0 aliphatic heterocycles. The molecule has 1 atom stereocenters. The summed E-state index contributed by atoms with van der Waals surface area (Å²) in [5.74, 6) is 7.05. The molecule has 2 rings (SSSR count). The van der Waals surface area contributed by atoms with Gasteiger partial charge in [0.15, 0.2) is 0 Å². The Labute approximate surface area is 127 Å². The summed E-state index contributed by atoms with van der Waals surface area (Å²) in [6.45, 7) is 4.60. The van der Waals surface area contributed by atoms with Crippen LogP contribution in [0.5, 0.6) is 5.75 Å². The molecule has 2 heteroatoms. The second kappa shape index (κ2) is 7.52. The second-order valence-corrected chi connectivity index (χ2v) is 5.01. The van der Waals surface area contributed by atoms with Crippen LogP contribution >= 0.6 is 0 Å². The van der Waals surface area contributed by atoms with E-state index in [1.165, 1.54) is 11.1 Å². The molecule has 0 heterocycles. The summed E-state index contributed by atoms with van der Waals surface area (Å²) in [5, 5.41) is 3.25. The van der Waals surface area contributed by atoms with Crippen molar-refractivity contribution in [1.29, 1.82) is 0 Å². The maximum Gasteiger partial charge on any atom is 0.149 e. The fraction of sp³-hybridized carbons (Fsp3) is 0.263. The van der Waals surface area contributed by atoms with E-state index in [1.54, 1.807) is 0 Å². The van der Waals surface area contributed by atoms with E-state index in [-0.39, 0.29) is 6.04 Å². The van der Waals surface area contributed by atoms with Crippen LogP contribution in [0.4, 0.5) is 0 Å². The minimum absolute atomic E-state index is 0.252. The van der Waals surface area contributed by atoms with Gasteiger partial charge >= 0.3 is 0 Å². The van der Waals surface area contributed by atoms with Crippen molar-refractivity contribution in [3.8, 4) is 17.6 Å². The first-order valence-corrected chi connectivity index (χ1v) is 7.15. The largest absolute Gasteiger partial charge is 0.481 e. The van der Waals surface area contributed by atoms with Gasteiger partial charge in [-0.15, -0.1) is 0 Å². The van der Waals surface area contributed by atoms with Crippen LogP contribution in [-0.4, -0.2) is 13.7 Å². The first kappa shape index (κ1) is 15.2. The van der Waals surface area contributed by atoms with Gasteiger partial charge in [0.2, 0.25) is 0 Å². The SMILES string of the molecule is CNC(C)c1cc(C)ccc1OCC#Cc1ccccc1. The van der Waals surface area contributed by atoms with Gasteiger partial charge < -0.3 is 10.1 Å². The third kappa shape index (κ3) is 4.37. The van der Waals surface area contributed by atoms with Gasteiger partial charge in [-0.3, -0.25) is 0 Å². The molecule has 2 nitrogen and oxygen atoms in total. The summed E-state index contributed by atoms with van der Waals surface area (Å²) in [6.07, 6.45) is 0. The Bertz CT molecular complexity index is 638. The molecular weight excluding hydrogens is 258 g/mol. The minimum atomic E-state index is 0.252. The fourth-order valence-electron chi connectivity index (χ4n) is 2.07. The van der Waals surface area contributed by atoms with Crippen LogP contribution in [0.2, 0.25) is 0 Å². The average molecular weight is 279 g/mol. The molecule has 0 saturated heterocycles. The summed E-state index contributed by atoms with van der Waals surface area (Å²) in [6, 6.07) is 16.4. The Hall–Kier alpha value is -2.24. The van der Waals surface area contributed by atoms with Crippen LogP contribution in [0.25, 0.3) is 0 Å². The van der Waals surface area contributed by atoms with Crippen LogP contribution in [0, 0.1) is 18.8 Å². The van der Waals surface area contributed by atoms with Gasteiger partial charge in [0.1, 0.15) is 12.4 Å². The monoisotopic (exact) mass is 279 g/mol. The highest BCUT2D eigenvalue weighted by molar-refractivity contribution is 5.39. The standard InChI is InChI=1S/C19H21NO/c1-15-11-12-19(18(14-15)16(2)20-3)21-13-7-10-17-8-5-4-6-9-17/h4-6,8-9,11-12,14,16,20H,13H2,1-3H3. The molecule has 0 aliphatic rings. The second-order valence-electron chi connectivity index (χ2n) is 5.01. The van der Waals surface area contributed by atoms with Gasteiger partial charge in [-0.05, 0) is 39.1 Å². The van der Waals surface area contributed by atoms with Crippen molar-refractivity contribution in [1.82, 2.24) is 5.32 Å². The van der Waals surface area contributed by atoms with Crippen molar-refractivity contribution >= 4 is 0 Å². The zero-order chi connectivity index (χ0) is 15.1. The van der Waals surface area contributed by atoms with E-state index in [9.17, 15) is 0 Å². The van der Waals surface area contributed by atoms with Gasteiger partial charge in [-0.25, -0.2) is 0 Å². The van der Waals surface area contributed by atoms with Gasteiger partial charge in [0, 0.05) is 17.2 Å². The van der Waals surface area contributed by atoms with E-state index in [0.29, 0.717) is 6.61 Å². The Kier molecular flexibility index (Phi) is 5.43. The molecule has 0 saturated carbocycles. The minimum Gasteiger partial charge on any atom is -0.481 e. The van der Waals surface area contributed by atoms with E-state index >= 15 is 0 Å². The first-order valence-electron chi connectivity index (χ1n) is 7.15. The molecule has 21 heavy (non-hydrogen) atoms. The molecule has 2 aromatic rings. The molecule has 108 valence electrons. The predicted octanol–water partition coefficient (Wildman–Crippen LogP) is 3.71. The molecule has 1 unspecified atom stereocenters. The van der Waals surface area contributed by atoms with Crippen molar-refractivity contribution in [3.05, 3.63) is 65.2 Å². The highest BCUT2D eigenvalue weighted by Gasteiger charge is 2.09. The van der Waals surface area contributed by atoms with E-state index in [4.69, 9.17) is 4.74 Å². The van der Waals surface area contributed by atoms with Crippen LogP contribution in [0.15, 0.2) is 48.5 Å². The van der Waals surface area contributed by atoms with Crippen LogP contribution in [-0.2, 0) is 0 Å². The summed E-state index contributed by atoms with van der Waals surface area (Å²) >= 11 is 0. The van der Waals surface area contributed by atoms with Gasteiger partial charge in [0.05, 0.1) is 0 Å². The molecule has 1 N–H and O–H groups in total. The van der Waals surface area contributed by atoms with Gasteiger partial charge in [0.25, 0.3) is 0 Å². The molecule has 0 aromatic heterocycles. The molecule has 0 radical (unpaired) electrons. The van der Waals surface area contributed by atoms with Crippen LogP contribution < -0.4 is 10.1 Å². The molecule has 0 fully saturated rings. The number of nitrogens with one attached hydrogen (secondary N) is 1. The number of aryl methyl sites for hydroxylation is 1. The van der Waals surface area contributed by atoms with Gasteiger partial charge in [-0.2, -0.15) is 0 Å². The fourth-order valence-corrected chi connectivity index (χ4v) is 2.07. The Morgan fingerprint density at radius 3 is 2.62 bits per heavy atom. The maximum absolute atomic E-state index is 5.82. The van der Waals surface area contributed by atoms with Crippen molar-refractivity contribution in [2.24, 2.45) is 0 Å². The summed E-state index contributed by atoms with van der Waals surface area (Å²) in [7, 11) is 1.95. The molecule has 0 aliphatic carbocycles. The topological polar surface area (TPSA) is 21.3 Å². The number of rotatable bonds is 4. The number of ether oxygens (including phenoxy) is 1. The highest BCUT2D eigenvalue weighted by Crippen LogP contribution is 2.26. The lowest BCUT2D eigenvalue weighted by molar-refractivity contribution is 0.361. The molecule has 0 bridgehead atoms. The highest BCUT2D eigenvalue weighted by atomic mass is 16.5. The quantitative estimate of drug-likeness (QED) is 0.862. The van der Waals surface area contributed by atoms with Gasteiger partial charge in [-0.1, -0.05) is 47.7 Å². The summed E-state index contributed by atoms with van der Waals surface area (Å²) < 4.78 is 5.82. The smallest absolute Gasteiger partial charge is 0.149 e. The van der Waals surface area contributed by atoms with Crippen molar-refractivity contribution in [2.75, 3.05) is 13.7 Å². The van der Waals surface area contributed by atoms with Crippen molar-refractivity contribution in [2.45, 2.75) is 19.9 Å². The third-order valence-electron chi connectivity index (χ3n) is 3.37. The van der Waals surface area contributed by atoms with E-state index < -0.39 is 0 Å². The van der Waals surface area contributed by atoms with Crippen LogP contribution in [0.3, 0.4) is 0 Å². The number of benzene rings is 2. The lowest BCUT2D eigenvalue weighted by Gasteiger charge is -2.16. The molecule has 0 amide bonds. The lowest BCUT2D eigenvalue weighted by Crippen LogP contribution is -2.14.